The first-order valence-corrected chi connectivity index (χ1v) is 18.6. The van der Waals surface area contributed by atoms with Crippen LogP contribution < -0.4 is 16.4 Å². The molecule has 2 amide bonds. The molecule has 4 heterocycles. The number of hydrogen-bond donors (Lipinski definition) is 3. The lowest BCUT2D eigenvalue weighted by Crippen LogP contribution is -2.51. The van der Waals surface area contributed by atoms with Crippen LogP contribution in [0.4, 0.5) is 0 Å². The Hall–Kier alpha value is -3.28. The molecule has 7 rings (SSSR count). The van der Waals surface area contributed by atoms with Crippen molar-refractivity contribution in [2.24, 2.45) is 17.1 Å². The Morgan fingerprint density at radius 1 is 1.06 bits per heavy atom. The van der Waals surface area contributed by atoms with Gasteiger partial charge in [-0.1, -0.05) is 60.2 Å². The van der Waals surface area contributed by atoms with E-state index in [4.69, 9.17) is 34.3 Å². The van der Waals surface area contributed by atoms with Crippen molar-refractivity contribution in [3.05, 3.63) is 81.1 Å². The number of carbonyl (C=O) groups is 2. The first-order valence-electron chi connectivity index (χ1n) is 16.9. The van der Waals surface area contributed by atoms with Crippen LogP contribution in [0.15, 0.2) is 60.1 Å². The van der Waals surface area contributed by atoms with Crippen LogP contribution in [0.25, 0.3) is 22.0 Å². The molecule has 0 atom stereocenters. The fraction of sp³-hybridized carbons (Fsp3) is 0.432. The summed E-state index contributed by atoms with van der Waals surface area (Å²) in [5.41, 5.74) is 11.1. The summed E-state index contributed by atoms with van der Waals surface area (Å²) in [5.74, 6) is 0.165. The lowest BCUT2D eigenvalue weighted by Gasteiger charge is -2.51. The van der Waals surface area contributed by atoms with Gasteiger partial charge in [-0.2, -0.15) is 0 Å². The number of nitrogens with one attached hydrogen (secondary N) is 2. The van der Waals surface area contributed by atoms with Crippen LogP contribution in [0.1, 0.15) is 65.4 Å². The van der Waals surface area contributed by atoms with Crippen LogP contribution in [-0.2, 0) is 16.1 Å². The zero-order valence-corrected chi connectivity index (χ0v) is 29.4. The molecule has 3 fully saturated rings. The molecule has 1 aliphatic carbocycles. The number of amides is 2. The molecule has 11 heteroatoms. The van der Waals surface area contributed by atoms with E-state index in [1.165, 1.54) is 11.3 Å². The van der Waals surface area contributed by atoms with Gasteiger partial charge in [-0.3, -0.25) is 9.59 Å². The third-order valence-corrected chi connectivity index (χ3v) is 12.1. The third kappa shape index (κ3) is 6.91. The molecule has 2 aromatic heterocycles. The van der Waals surface area contributed by atoms with Gasteiger partial charge in [-0.25, -0.2) is 0 Å². The molecule has 1 spiro atoms. The van der Waals surface area contributed by atoms with Crippen LogP contribution in [-0.4, -0.2) is 65.7 Å². The van der Waals surface area contributed by atoms with Crippen molar-refractivity contribution >= 4 is 62.9 Å². The SMILES string of the molecule is NC(=S)c1cccc(-c2cn(C3CCOCC3)c3c(Cl)c(CNC(=O)C4CC5(CCN(CCNC(=O)c6cccs6)CC5)C4)ccc23)c1. The second-order valence-corrected chi connectivity index (χ2v) is 15.3. The number of thiophene rings is 1. The van der Waals surface area contributed by atoms with Crippen LogP contribution in [0.3, 0.4) is 0 Å². The molecule has 252 valence electrons. The van der Waals surface area contributed by atoms with Gasteiger partial charge in [0, 0.05) is 67.5 Å². The number of carbonyl (C=O) groups excluding carboxylic acids is 2. The lowest BCUT2D eigenvalue weighted by atomic mass is 9.57. The molecule has 4 aromatic rings. The zero-order chi connectivity index (χ0) is 33.3. The average Bonchev–Trinajstić information content (AvgIpc) is 3.77. The predicted octanol–water partition coefficient (Wildman–Crippen LogP) is 6.55. The van der Waals surface area contributed by atoms with E-state index in [1.807, 2.05) is 41.8 Å². The maximum atomic E-state index is 13.3. The first kappa shape index (κ1) is 33.2. The highest BCUT2D eigenvalue weighted by Crippen LogP contribution is 2.52. The summed E-state index contributed by atoms with van der Waals surface area (Å²) < 4.78 is 7.98. The second kappa shape index (κ2) is 14.3. The Balaban J connectivity index is 0.970. The highest BCUT2D eigenvalue weighted by atomic mass is 35.5. The normalized spacial score (nSPS) is 18.5. The summed E-state index contributed by atoms with van der Waals surface area (Å²) >= 11 is 13.9. The van der Waals surface area contributed by atoms with Gasteiger partial charge in [-0.15, -0.1) is 11.3 Å². The van der Waals surface area contributed by atoms with Crippen molar-refractivity contribution in [3.63, 3.8) is 0 Å². The zero-order valence-electron chi connectivity index (χ0n) is 27.0. The minimum Gasteiger partial charge on any atom is -0.389 e. The Bertz CT molecular complexity index is 1800. The molecule has 0 unspecified atom stereocenters. The molecule has 2 saturated heterocycles. The molecular formula is C37H42ClN5O3S2. The number of thiocarbonyl (C=S) groups is 1. The summed E-state index contributed by atoms with van der Waals surface area (Å²) in [5, 5.41) is 9.91. The summed E-state index contributed by atoms with van der Waals surface area (Å²) in [6.07, 6.45) is 8.12. The van der Waals surface area contributed by atoms with Crippen LogP contribution >= 0.6 is 35.2 Å². The monoisotopic (exact) mass is 703 g/mol. The largest absolute Gasteiger partial charge is 0.389 e. The molecule has 2 aromatic carbocycles. The predicted molar refractivity (Wildman–Crippen MR) is 197 cm³/mol. The number of halogens is 1. The molecule has 48 heavy (non-hydrogen) atoms. The van der Waals surface area contributed by atoms with Crippen molar-refractivity contribution in [3.8, 4) is 11.1 Å². The highest BCUT2D eigenvalue weighted by molar-refractivity contribution is 7.80. The van der Waals surface area contributed by atoms with E-state index in [1.54, 1.807) is 0 Å². The summed E-state index contributed by atoms with van der Waals surface area (Å²) in [6, 6.07) is 16.2. The van der Waals surface area contributed by atoms with Crippen LogP contribution in [0, 0.1) is 11.3 Å². The number of nitrogens with two attached hydrogens (primary N) is 1. The summed E-state index contributed by atoms with van der Waals surface area (Å²) in [6.45, 7) is 5.37. The van der Waals surface area contributed by atoms with Crippen molar-refractivity contribution in [1.29, 1.82) is 0 Å². The van der Waals surface area contributed by atoms with E-state index in [0.29, 0.717) is 23.1 Å². The third-order valence-electron chi connectivity index (χ3n) is 10.6. The topological polar surface area (TPSA) is 102 Å². The second-order valence-electron chi connectivity index (χ2n) is 13.6. The molecular weight excluding hydrogens is 662 g/mol. The number of piperidine rings is 1. The number of fused-ring (bicyclic) bond motifs is 1. The molecule has 0 bridgehead atoms. The van der Waals surface area contributed by atoms with E-state index in [2.05, 4.69) is 38.4 Å². The summed E-state index contributed by atoms with van der Waals surface area (Å²) in [7, 11) is 0. The Labute approximate surface area is 296 Å². The van der Waals surface area contributed by atoms with Gasteiger partial charge < -0.3 is 30.6 Å². The van der Waals surface area contributed by atoms with Gasteiger partial charge in [0.05, 0.1) is 15.4 Å². The Kier molecular flexibility index (Phi) is 9.89. The molecule has 1 saturated carbocycles. The minimum atomic E-state index is 0.00437. The van der Waals surface area contributed by atoms with Gasteiger partial charge in [-0.05, 0) is 85.7 Å². The smallest absolute Gasteiger partial charge is 0.261 e. The van der Waals surface area contributed by atoms with Gasteiger partial charge in [0.1, 0.15) is 4.99 Å². The maximum absolute atomic E-state index is 13.3. The summed E-state index contributed by atoms with van der Waals surface area (Å²) in [4.78, 5) is 29.1. The standard InChI is InChI=1S/C37H42ClN5O3S2/c38-32-26(6-7-29-30(24-3-1-4-25(19-24)34(39)47)23-43(33(29)32)28-8-16-46-17-9-28)22-41-35(44)27-20-37(21-27)10-13-42(14-11-37)15-12-40-36(45)31-5-2-18-48-31/h1-7,18-19,23,27-28H,8-17,20-22H2,(H2,39,47)(H,40,45)(H,41,44). The van der Waals surface area contributed by atoms with E-state index < -0.39 is 0 Å². The van der Waals surface area contributed by atoms with Crippen LogP contribution in [0.2, 0.25) is 5.02 Å². The van der Waals surface area contributed by atoms with Gasteiger partial charge in [0.2, 0.25) is 5.91 Å². The van der Waals surface area contributed by atoms with Crippen LogP contribution in [0.5, 0.6) is 0 Å². The molecule has 2 aliphatic heterocycles. The van der Waals surface area contributed by atoms with Crippen molar-refractivity contribution in [1.82, 2.24) is 20.1 Å². The molecule has 3 aliphatic rings. The lowest BCUT2D eigenvalue weighted by molar-refractivity contribution is -0.135. The van der Waals surface area contributed by atoms with E-state index in [9.17, 15) is 9.59 Å². The minimum absolute atomic E-state index is 0.00437. The van der Waals surface area contributed by atoms with Crippen molar-refractivity contribution in [2.45, 2.75) is 51.1 Å². The average molecular weight is 704 g/mol. The number of hydrogen-bond acceptors (Lipinski definition) is 6. The maximum Gasteiger partial charge on any atom is 0.261 e. The Morgan fingerprint density at radius 3 is 2.58 bits per heavy atom. The molecule has 8 nitrogen and oxygen atoms in total. The van der Waals surface area contributed by atoms with E-state index in [0.717, 1.165) is 109 Å². The number of rotatable bonds is 10. The fourth-order valence-electron chi connectivity index (χ4n) is 7.79. The Morgan fingerprint density at radius 2 is 1.85 bits per heavy atom. The molecule has 4 N–H and O–H groups in total. The number of nitrogens with zero attached hydrogens (tertiary/aromatic N) is 2. The number of ether oxygens (including phenoxy) is 1. The molecule has 0 radical (unpaired) electrons. The quantitative estimate of drug-likeness (QED) is 0.162. The van der Waals surface area contributed by atoms with Crippen molar-refractivity contribution < 1.29 is 14.3 Å². The number of benzene rings is 2. The van der Waals surface area contributed by atoms with E-state index >= 15 is 0 Å². The van der Waals surface area contributed by atoms with Gasteiger partial charge >= 0.3 is 0 Å². The van der Waals surface area contributed by atoms with Gasteiger partial charge in [0.25, 0.3) is 5.91 Å². The van der Waals surface area contributed by atoms with Gasteiger partial charge in [0.15, 0.2) is 0 Å². The van der Waals surface area contributed by atoms with Crippen molar-refractivity contribution in [2.75, 3.05) is 39.4 Å². The van der Waals surface area contributed by atoms with E-state index in [-0.39, 0.29) is 29.2 Å². The first-order chi connectivity index (χ1) is 23.3. The number of aromatic nitrogens is 1. The highest BCUT2D eigenvalue weighted by Gasteiger charge is 2.48. The fourth-order valence-corrected chi connectivity index (χ4v) is 8.88. The number of likely N-dealkylation sites (tertiary alicyclic amines) is 1.